The van der Waals surface area contributed by atoms with Crippen LogP contribution in [0.1, 0.15) is 36.6 Å². The van der Waals surface area contributed by atoms with Crippen molar-refractivity contribution >= 4 is 12.2 Å². The van der Waals surface area contributed by atoms with E-state index in [-0.39, 0.29) is 0 Å². The van der Waals surface area contributed by atoms with Gasteiger partial charge < -0.3 is 0 Å². The molecule has 0 aliphatic rings. The molecule has 1 heteroatoms. The van der Waals surface area contributed by atoms with Crippen molar-refractivity contribution in [3.63, 3.8) is 0 Å². The van der Waals surface area contributed by atoms with Gasteiger partial charge in [-0.15, -0.1) is 0 Å². The molecule has 0 aromatic carbocycles. The average molecular weight is 199 g/mol. The van der Waals surface area contributed by atoms with Crippen LogP contribution < -0.4 is 0 Å². The molecular weight excluding hydrogens is 182 g/mol. The third-order valence-electron chi connectivity index (χ3n) is 2.21. The van der Waals surface area contributed by atoms with Crippen LogP contribution in [0.25, 0.3) is 12.2 Å². The maximum absolute atomic E-state index is 4.41. The number of nitrogens with zero attached hydrogens (tertiary/aromatic N) is 1. The van der Waals surface area contributed by atoms with E-state index in [9.17, 15) is 0 Å². The number of rotatable bonds is 4. The van der Waals surface area contributed by atoms with Gasteiger partial charge in [-0.2, -0.15) is 0 Å². The second kappa shape index (κ2) is 5.30. The monoisotopic (exact) mass is 199 g/mol. The summed E-state index contributed by atoms with van der Waals surface area (Å²) in [6, 6.07) is 2.08. The zero-order valence-corrected chi connectivity index (χ0v) is 9.40. The molecule has 15 heavy (non-hydrogen) atoms. The van der Waals surface area contributed by atoms with E-state index in [1.807, 2.05) is 24.4 Å². The lowest BCUT2D eigenvalue weighted by molar-refractivity contribution is 0.822. The summed E-state index contributed by atoms with van der Waals surface area (Å²) in [5.41, 5.74) is 3.29. The van der Waals surface area contributed by atoms with Crippen molar-refractivity contribution in [3.8, 4) is 0 Å². The smallest absolute Gasteiger partial charge is 0.0435 e. The van der Waals surface area contributed by atoms with E-state index in [0.29, 0.717) is 5.92 Å². The highest BCUT2D eigenvalue weighted by Gasteiger charge is 2.03. The fraction of sp³-hybridized carbons (Fsp3) is 0.214. The summed E-state index contributed by atoms with van der Waals surface area (Å²) < 4.78 is 0. The van der Waals surface area contributed by atoms with Gasteiger partial charge >= 0.3 is 0 Å². The number of hydrogen-bond acceptors (Lipinski definition) is 1. The van der Waals surface area contributed by atoms with E-state index >= 15 is 0 Å². The van der Waals surface area contributed by atoms with Crippen molar-refractivity contribution in [1.82, 2.24) is 4.98 Å². The van der Waals surface area contributed by atoms with Gasteiger partial charge in [0.2, 0.25) is 0 Å². The van der Waals surface area contributed by atoms with Crippen molar-refractivity contribution < 1.29 is 0 Å². The van der Waals surface area contributed by atoms with Crippen LogP contribution in [0.2, 0.25) is 0 Å². The Morgan fingerprint density at radius 1 is 1.27 bits per heavy atom. The summed E-state index contributed by atoms with van der Waals surface area (Å²) in [6.45, 7) is 11.7. The molecule has 0 bridgehead atoms. The van der Waals surface area contributed by atoms with E-state index in [1.54, 1.807) is 6.08 Å². The summed E-state index contributed by atoms with van der Waals surface area (Å²) in [4.78, 5) is 4.41. The summed E-state index contributed by atoms with van der Waals surface area (Å²) in [5, 5.41) is 0. The molecule has 0 radical (unpaired) electrons. The molecule has 0 spiro atoms. The van der Waals surface area contributed by atoms with Crippen molar-refractivity contribution in [1.29, 1.82) is 0 Å². The minimum absolute atomic E-state index is 0.445. The van der Waals surface area contributed by atoms with Crippen LogP contribution in [-0.2, 0) is 0 Å². The van der Waals surface area contributed by atoms with Crippen LogP contribution in [-0.4, -0.2) is 4.98 Å². The fourth-order valence-corrected chi connectivity index (χ4v) is 1.30. The maximum atomic E-state index is 4.41. The first-order valence-electron chi connectivity index (χ1n) is 5.10. The van der Waals surface area contributed by atoms with Crippen LogP contribution in [0.4, 0.5) is 0 Å². The number of aromatic nitrogens is 1. The Morgan fingerprint density at radius 2 is 2.00 bits per heavy atom. The van der Waals surface area contributed by atoms with Crippen LogP contribution >= 0.6 is 0 Å². The summed E-state index contributed by atoms with van der Waals surface area (Å²) in [5.74, 6) is 0.445. The molecule has 78 valence electrons. The van der Waals surface area contributed by atoms with E-state index in [1.165, 1.54) is 0 Å². The fourth-order valence-electron chi connectivity index (χ4n) is 1.30. The zero-order valence-electron chi connectivity index (χ0n) is 9.40. The van der Waals surface area contributed by atoms with E-state index in [2.05, 4.69) is 38.1 Å². The molecular formula is C14H17N. The van der Waals surface area contributed by atoms with E-state index in [4.69, 9.17) is 0 Å². The lowest BCUT2D eigenvalue weighted by atomic mass is 10.0. The van der Waals surface area contributed by atoms with Gasteiger partial charge in [-0.05, 0) is 23.1 Å². The van der Waals surface area contributed by atoms with Crippen molar-refractivity contribution in [3.05, 3.63) is 54.4 Å². The highest BCUT2D eigenvalue weighted by Crippen LogP contribution is 2.18. The lowest BCUT2D eigenvalue weighted by Gasteiger charge is -2.07. The van der Waals surface area contributed by atoms with Gasteiger partial charge in [0.1, 0.15) is 0 Å². The molecule has 1 rings (SSSR count). The molecule has 0 saturated heterocycles. The van der Waals surface area contributed by atoms with Gasteiger partial charge in [-0.3, -0.25) is 4.98 Å². The zero-order chi connectivity index (χ0) is 11.3. The third-order valence-corrected chi connectivity index (χ3v) is 2.21. The van der Waals surface area contributed by atoms with Crippen LogP contribution in [0.3, 0.4) is 0 Å². The molecule has 0 aliphatic carbocycles. The van der Waals surface area contributed by atoms with Gasteiger partial charge in [0.15, 0.2) is 0 Å². The SMILES string of the molecule is C=C/C=C\c1cnc(C(C)C)cc1C=C. The predicted octanol–water partition coefficient (Wildman–Crippen LogP) is 4.05. The summed E-state index contributed by atoms with van der Waals surface area (Å²) in [6.07, 6.45) is 9.38. The Balaban J connectivity index is 3.14. The lowest BCUT2D eigenvalue weighted by Crippen LogP contribution is -1.94. The largest absolute Gasteiger partial charge is 0.260 e. The van der Waals surface area contributed by atoms with Gasteiger partial charge in [-0.25, -0.2) is 0 Å². The van der Waals surface area contributed by atoms with Gasteiger partial charge in [0.05, 0.1) is 0 Å². The van der Waals surface area contributed by atoms with Crippen LogP contribution in [0.15, 0.2) is 37.6 Å². The third kappa shape index (κ3) is 2.91. The Morgan fingerprint density at radius 3 is 2.53 bits per heavy atom. The van der Waals surface area contributed by atoms with Gasteiger partial charge in [-0.1, -0.05) is 51.3 Å². The molecule has 0 saturated carbocycles. The number of pyridine rings is 1. The number of hydrogen-bond donors (Lipinski definition) is 0. The molecule has 0 unspecified atom stereocenters. The van der Waals surface area contributed by atoms with Crippen molar-refractivity contribution in [2.24, 2.45) is 0 Å². The summed E-state index contributed by atoms with van der Waals surface area (Å²) in [7, 11) is 0. The molecule has 0 fully saturated rings. The predicted molar refractivity (Wildman–Crippen MR) is 67.6 cm³/mol. The molecule has 0 amide bonds. The first-order chi connectivity index (χ1) is 7.19. The molecule has 0 N–H and O–H groups in total. The minimum atomic E-state index is 0.445. The standard InChI is InChI=1S/C14H17N/c1-5-7-8-13-10-15-14(11(3)4)9-12(13)6-2/h5-11H,1-2H2,3-4H3/b8-7-. The first kappa shape index (κ1) is 11.4. The number of allylic oxidation sites excluding steroid dienone is 2. The molecule has 1 aromatic heterocycles. The Labute approximate surface area is 91.9 Å². The quantitative estimate of drug-likeness (QED) is 0.667. The highest BCUT2D eigenvalue weighted by molar-refractivity contribution is 5.64. The second-order valence-corrected chi connectivity index (χ2v) is 3.69. The first-order valence-corrected chi connectivity index (χ1v) is 5.10. The second-order valence-electron chi connectivity index (χ2n) is 3.69. The Hall–Kier alpha value is -1.63. The molecule has 1 aromatic rings. The average Bonchev–Trinajstić information content (AvgIpc) is 2.25. The molecule has 1 heterocycles. The normalized spacial score (nSPS) is 10.9. The maximum Gasteiger partial charge on any atom is 0.0435 e. The van der Waals surface area contributed by atoms with Crippen LogP contribution in [0, 0.1) is 0 Å². The Kier molecular flexibility index (Phi) is 4.04. The van der Waals surface area contributed by atoms with Crippen LogP contribution in [0.5, 0.6) is 0 Å². The van der Waals surface area contributed by atoms with E-state index < -0.39 is 0 Å². The Bertz CT molecular complexity index is 386. The molecule has 1 nitrogen and oxygen atoms in total. The van der Waals surface area contributed by atoms with Gasteiger partial charge in [0.25, 0.3) is 0 Å². The van der Waals surface area contributed by atoms with E-state index in [0.717, 1.165) is 16.8 Å². The van der Waals surface area contributed by atoms with Crippen molar-refractivity contribution in [2.45, 2.75) is 19.8 Å². The topological polar surface area (TPSA) is 12.9 Å². The molecule has 0 aliphatic heterocycles. The van der Waals surface area contributed by atoms with Gasteiger partial charge in [0, 0.05) is 11.9 Å². The molecule has 0 atom stereocenters. The van der Waals surface area contributed by atoms with Crippen molar-refractivity contribution in [2.75, 3.05) is 0 Å². The highest BCUT2D eigenvalue weighted by atomic mass is 14.7. The minimum Gasteiger partial charge on any atom is -0.260 e. The summed E-state index contributed by atoms with van der Waals surface area (Å²) >= 11 is 0.